The van der Waals surface area contributed by atoms with Crippen LogP contribution in [0.2, 0.25) is 4.34 Å². The standard InChI is InChI=1S/C24H19ClN2O5S/c1-30-14-7-8-20(31-2)18(11-14)27-23(28)13-32-24(29)16-12-19(21-9-10-22(25)33-21)26-17-6-4-3-5-15(16)17/h3-12H,13H2,1-2H3,(H,27,28). The van der Waals surface area contributed by atoms with Crippen LogP contribution in [0.3, 0.4) is 0 Å². The van der Waals surface area contributed by atoms with E-state index in [0.29, 0.717) is 43.7 Å². The van der Waals surface area contributed by atoms with Crippen molar-refractivity contribution < 1.29 is 23.8 Å². The molecule has 168 valence electrons. The Morgan fingerprint density at radius 3 is 2.58 bits per heavy atom. The number of nitrogens with one attached hydrogen (secondary N) is 1. The number of halogens is 1. The average molecular weight is 483 g/mol. The van der Waals surface area contributed by atoms with Gasteiger partial charge in [0.1, 0.15) is 11.5 Å². The fraction of sp³-hybridized carbons (Fsp3) is 0.125. The van der Waals surface area contributed by atoms with Gasteiger partial charge in [-0.1, -0.05) is 29.8 Å². The molecule has 0 saturated carbocycles. The Bertz CT molecular complexity index is 1340. The number of ether oxygens (including phenoxy) is 3. The number of pyridine rings is 1. The molecule has 0 unspecified atom stereocenters. The van der Waals surface area contributed by atoms with Gasteiger partial charge in [-0.3, -0.25) is 4.79 Å². The summed E-state index contributed by atoms with van der Waals surface area (Å²) in [4.78, 5) is 30.8. The van der Waals surface area contributed by atoms with Crippen LogP contribution in [0, 0.1) is 0 Å². The van der Waals surface area contributed by atoms with Crippen LogP contribution in [0.5, 0.6) is 11.5 Å². The zero-order valence-electron chi connectivity index (χ0n) is 17.8. The molecule has 4 rings (SSSR count). The molecular weight excluding hydrogens is 464 g/mol. The second-order valence-corrected chi connectivity index (χ2v) is 8.58. The number of methoxy groups -OCH3 is 2. The Balaban J connectivity index is 1.54. The van der Waals surface area contributed by atoms with Crippen LogP contribution in [0.15, 0.2) is 60.7 Å². The molecule has 0 atom stereocenters. The van der Waals surface area contributed by atoms with Crippen molar-refractivity contribution in [2.75, 3.05) is 26.1 Å². The number of esters is 1. The maximum absolute atomic E-state index is 12.9. The number of thiophene rings is 1. The van der Waals surface area contributed by atoms with E-state index in [1.54, 1.807) is 36.4 Å². The highest BCUT2D eigenvalue weighted by molar-refractivity contribution is 7.19. The van der Waals surface area contributed by atoms with Crippen LogP contribution >= 0.6 is 22.9 Å². The first-order valence-corrected chi connectivity index (χ1v) is 11.0. The number of benzene rings is 2. The van der Waals surface area contributed by atoms with Gasteiger partial charge in [-0.05, 0) is 36.4 Å². The Labute approximate surface area is 198 Å². The first-order valence-electron chi connectivity index (χ1n) is 9.83. The molecule has 1 amide bonds. The van der Waals surface area contributed by atoms with Crippen LogP contribution < -0.4 is 14.8 Å². The lowest BCUT2D eigenvalue weighted by atomic mass is 10.1. The highest BCUT2D eigenvalue weighted by Crippen LogP contribution is 2.32. The van der Waals surface area contributed by atoms with Crippen molar-refractivity contribution in [3.05, 3.63) is 70.6 Å². The van der Waals surface area contributed by atoms with E-state index in [4.69, 9.17) is 25.8 Å². The van der Waals surface area contributed by atoms with Gasteiger partial charge >= 0.3 is 5.97 Å². The molecular formula is C24H19ClN2O5S. The SMILES string of the molecule is COc1ccc(OC)c(NC(=O)COC(=O)c2cc(-c3ccc(Cl)s3)nc3ccccc23)c1. The summed E-state index contributed by atoms with van der Waals surface area (Å²) < 4.78 is 16.4. The summed E-state index contributed by atoms with van der Waals surface area (Å²) in [5.41, 5.74) is 1.95. The molecule has 2 heterocycles. The molecule has 0 aliphatic carbocycles. The first kappa shape index (κ1) is 22.6. The number of aromatic nitrogens is 1. The average Bonchev–Trinajstić information content (AvgIpc) is 3.28. The largest absolute Gasteiger partial charge is 0.497 e. The predicted octanol–water partition coefficient (Wildman–Crippen LogP) is 5.43. The third-order valence-electron chi connectivity index (χ3n) is 4.78. The number of amides is 1. The minimum absolute atomic E-state index is 0.312. The first-order chi connectivity index (χ1) is 16.0. The second-order valence-electron chi connectivity index (χ2n) is 6.87. The molecule has 0 aliphatic rings. The number of hydrogen-bond acceptors (Lipinski definition) is 7. The monoisotopic (exact) mass is 482 g/mol. The Kier molecular flexibility index (Phi) is 6.76. The lowest BCUT2D eigenvalue weighted by Crippen LogP contribution is -2.21. The summed E-state index contributed by atoms with van der Waals surface area (Å²) in [6.07, 6.45) is 0. The van der Waals surface area contributed by atoms with Crippen LogP contribution in [-0.4, -0.2) is 37.7 Å². The van der Waals surface area contributed by atoms with Crippen molar-refractivity contribution in [3.8, 4) is 22.1 Å². The molecule has 33 heavy (non-hydrogen) atoms. The third kappa shape index (κ3) is 5.08. The van der Waals surface area contributed by atoms with Gasteiger partial charge in [0.05, 0.1) is 45.9 Å². The Hall–Kier alpha value is -3.62. The minimum Gasteiger partial charge on any atom is -0.497 e. The van der Waals surface area contributed by atoms with Crippen LogP contribution in [0.25, 0.3) is 21.5 Å². The predicted molar refractivity (Wildman–Crippen MR) is 129 cm³/mol. The molecule has 0 spiro atoms. The smallest absolute Gasteiger partial charge is 0.339 e. The number of fused-ring (bicyclic) bond motifs is 1. The van der Waals surface area contributed by atoms with Crippen molar-refractivity contribution in [2.24, 2.45) is 0 Å². The van der Waals surface area contributed by atoms with Crippen LogP contribution in [0.1, 0.15) is 10.4 Å². The molecule has 0 bridgehead atoms. The van der Waals surface area contributed by atoms with Gasteiger partial charge in [-0.25, -0.2) is 9.78 Å². The molecule has 0 aliphatic heterocycles. The van der Waals surface area contributed by atoms with Gasteiger partial charge in [0, 0.05) is 11.5 Å². The topological polar surface area (TPSA) is 86.8 Å². The quantitative estimate of drug-likeness (QED) is 0.353. The zero-order chi connectivity index (χ0) is 23.4. The summed E-state index contributed by atoms with van der Waals surface area (Å²) in [6, 6.07) is 17.5. The Morgan fingerprint density at radius 2 is 1.85 bits per heavy atom. The van der Waals surface area contributed by atoms with E-state index in [9.17, 15) is 9.59 Å². The van der Waals surface area contributed by atoms with Crippen molar-refractivity contribution in [3.63, 3.8) is 0 Å². The Morgan fingerprint density at radius 1 is 1.03 bits per heavy atom. The number of anilines is 1. The highest BCUT2D eigenvalue weighted by Gasteiger charge is 2.18. The number of nitrogens with zero attached hydrogens (tertiary/aromatic N) is 1. The van der Waals surface area contributed by atoms with Crippen molar-refractivity contribution >= 4 is 51.4 Å². The molecule has 2 aromatic heterocycles. The van der Waals surface area contributed by atoms with Crippen LogP contribution in [0.4, 0.5) is 5.69 Å². The molecule has 0 saturated heterocycles. The van der Waals surface area contributed by atoms with Gasteiger partial charge in [-0.2, -0.15) is 0 Å². The van der Waals surface area contributed by atoms with Gasteiger partial charge < -0.3 is 19.5 Å². The molecule has 0 fully saturated rings. The number of para-hydroxylation sites is 1. The molecule has 9 heteroatoms. The summed E-state index contributed by atoms with van der Waals surface area (Å²) in [5, 5.41) is 3.30. The van der Waals surface area contributed by atoms with Crippen molar-refractivity contribution in [1.82, 2.24) is 4.98 Å². The lowest BCUT2D eigenvalue weighted by Gasteiger charge is -2.12. The van der Waals surface area contributed by atoms with E-state index < -0.39 is 18.5 Å². The zero-order valence-corrected chi connectivity index (χ0v) is 19.3. The lowest BCUT2D eigenvalue weighted by molar-refractivity contribution is -0.119. The molecule has 1 N–H and O–H groups in total. The van der Waals surface area contributed by atoms with E-state index in [1.807, 2.05) is 24.3 Å². The maximum Gasteiger partial charge on any atom is 0.339 e. The molecule has 4 aromatic rings. The summed E-state index contributed by atoms with van der Waals surface area (Å²) in [7, 11) is 3.01. The fourth-order valence-corrected chi connectivity index (χ4v) is 4.23. The van der Waals surface area contributed by atoms with Gasteiger partial charge in [0.25, 0.3) is 5.91 Å². The van der Waals surface area contributed by atoms with Gasteiger partial charge in [-0.15, -0.1) is 11.3 Å². The molecule has 2 aromatic carbocycles. The fourth-order valence-electron chi connectivity index (χ4n) is 3.23. The van der Waals surface area contributed by atoms with E-state index in [-0.39, 0.29) is 0 Å². The minimum atomic E-state index is -0.634. The van der Waals surface area contributed by atoms with Gasteiger partial charge in [0.2, 0.25) is 0 Å². The van der Waals surface area contributed by atoms with Crippen molar-refractivity contribution in [2.45, 2.75) is 0 Å². The second kappa shape index (κ2) is 9.89. The van der Waals surface area contributed by atoms with Crippen LogP contribution in [-0.2, 0) is 9.53 Å². The summed E-state index contributed by atoms with van der Waals surface area (Å²) >= 11 is 7.42. The van der Waals surface area contributed by atoms with E-state index in [2.05, 4.69) is 10.3 Å². The number of hydrogen-bond donors (Lipinski definition) is 1. The molecule has 7 nitrogen and oxygen atoms in total. The number of carbonyl (C=O) groups is 2. The van der Waals surface area contributed by atoms with E-state index >= 15 is 0 Å². The summed E-state index contributed by atoms with van der Waals surface area (Å²) in [6.45, 7) is -0.476. The van der Waals surface area contributed by atoms with Gasteiger partial charge in [0.15, 0.2) is 6.61 Å². The van der Waals surface area contributed by atoms with E-state index in [1.165, 1.54) is 25.6 Å². The number of carbonyl (C=O) groups excluding carboxylic acids is 2. The number of rotatable bonds is 7. The van der Waals surface area contributed by atoms with Crippen molar-refractivity contribution in [1.29, 1.82) is 0 Å². The normalized spacial score (nSPS) is 10.6. The molecule has 0 radical (unpaired) electrons. The van der Waals surface area contributed by atoms with E-state index in [0.717, 1.165) is 4.88 Å². The highest BCUT2D eigenvalue weighted by atomic mass is 35.5. The maximum atomic E-state index is 12.9. The summed E-state index contributed by atoms with van der Waals surface area (Å²) in [5.74, 6) is -0.147. The third-order valence-corrected chi connectivity index (χ3v) is 6.03.